The Morgan fingerprint density at radius 1 is 1.17 bits per heavy atom. The van der Waals surface area contributed by atoms with Gasteiger partial charge in [-0.3, -0.25) is 4.79 Å². The average Bonchev–Trinajstić information content (AvgIpc) is 3.16. The average molecular weight is 379 g/mol. The van der Waals surface area contributed by atoms with Crippen LogP contribution in [-0.2, 0) is 10.3 Å². The molecule has 0 N–H and O–H groups in total. The Hall–Kier alpha value is -0.910. The first-order valence-electron chi connectivity index (χ1n) is 8.96. The van der Waals surface area contributed by atoms with Crippen LogP contribution in [0.1, 0.15) is 51.4 Å². The third-order valence-corrected chi connectivity index (χ3v) is 7.19. The Morgan fingerprint density at radius 3 is 2.48 bits per heavy atom. The highest BCUT2D eigenvalue weighted by atomic mass is 79.9. The molecule has 23 heavy (non-hydrogen) atoms. The molecule has 2 heterocycles. The zero-order valence-corrected chi connectivity index (χ0v) is 15.0. The summed E-state index contributed by atoms with van der Waals surface area (Å²) in [7, 11) is 0. The predicted octanol–water partition coefficient (Wildman–Crippen LogP) is 2.96. The molecule has 1 amide bonds. The van der Waals surface area contributed by atoms with Gasteiger partial charge < -0.3 is 4.90 Å². The van der Waals surface area contributed by atoms with E-state index in [1.807, 2.05) is 6.33 Å². The second-order valence-corrected chi connectivity index (χ2v) is 9.13. The quantitative estimate of drug-likeness (QED) is 0.794. The first-order valence-corrected chi connectivity index (χ1v) is 9.75. The highest BCUT2D eigenvalue weighted by Crippen LogP contribution is 2.64. The van der Waals surface area contributed by atoms with E-state index in [1.54, 1.807) is 0 Å². The van der Waals surface area contributed by atoms with Crippen molar-refractivity contribution in [3.63, 3.8) is 0 Å². The number of hydrogen-bond donors (Lipinski definition) is 0. The largest absolute Gasteiger partial charge is 0.342 e. The maximum absolute atomic E-state index is 13.3. The lowest BCUT2D eigenvalue weighted by molar-refractivity contribution is -0.165. The number of hydrogen-bond acceptors (Lipinski definition) is 3. The van der Waals surface area contributed by atoms with E-state index in [0.717, 1.165) is 32.4 Å². The molecule has 6 rings (SSSR count). The summed E-state index contributed by atoms with van der Waals surface area (Å²) in [6, 6.07) is 0. The van der Waals surface area contributed by atoms with Crippen molar-refractivity contribution in [2.45, 2.75) is 56.9 Å². The summed E-state index contributed by atoms with van der Waals surface area (Å²) in [4.78, 5) is 19.8. The van der Waals surface area contributed by atoms with Crippen LogP contribution in [0, 0.1) is 17.3 Å². The molecule has 4 saturated carbocycles. The van der Waals surface area contributed by atoms with Gasteiger partial charge in [0.05, 0.1) is 11.0 Å². The van der Waals surface area contributed by atoms with Gasteiger partial charge >= 0.3 is 0 Å². The van der Waals surface area contributed by atoms with Crippen LogP contribution in [0.2, 0.25) is 0 Å². The minimum atomic E-state index is -0.118. The van der Waals surface area contributed by atoms with E-state index < -0.39 is 0 Å². The maximum atomic E-state index is 13.3. The van der Waals surface area contributed by atoms with E-state index in [0.29, 0.717) is 22.5 Å². The summed E-state index contributed by atoms with van der Waals surface area (Å²) in [5.41, 5.74) is -0.0919. The summed E-state index contributed by atoms with van der Waals surface area (Å²) >= 11 is 3.39. The Bertz CT molecular complexity index is 637. The standard InChI is InChI=1S/C17H23BrN4O/c18-15-19-11-22(20-15)17-8-12-5-13(9-17)7-16(6-12,10-17)14(23)21-3-1-2-4-21/h11-13H,1-10H2/t12-,13-,16?,17?/m1/s1. The molecule has 5 aliphatic rings. The number of carbonyl (C=O) groups is 1. The molecule has 1 saturated heterocycles. The van der Waals surface area contributed by atoms with E-state index in [1.165, 1.54) is 32.1 Å². The summed E-state index contributed by atoms with van der Waals surface area (Å²) in [5.74, 6) is 1.82. The Morgan fingerprint density at radius 2 is 1.87 bits per heavy atom. The fraction of sp³-hybridized carbons (Fsp3) is 0.824. The fourth-order valence-corrected chi connectivity index (χ4v) is 6.72. The van der Waals surface area contributed by atoms with Crippen molar-refractivity contribution in [1.29, 1.82) is 0 Å². The van der Waals surface area contributed by atoms with Gasteiger partial charge in [-0.2, -0.15) is 0 Å². The third-order valence-electron chi connectivity index (χ3n) is 6.83. The van der Waals surface area contributed by atoms with Gasteiger partial charge in [0, 0.05) is 13.1 Å². The molecule has 0 aromatic carbocycles. The second-order valence-electron chi connectivity index (χ2n) is 8.42. The number of rotatable bonds is 2. The van der Waals surface area contributed by atoms with Gasteiger partial charge in [-0.15, -0.1) is 5.10 Å². The molecule has 2 atom stereocenters. The molecule has 4 aliphatic carbocycles. The van der Waals surface area contributed by atoms with E-state index in [-0.39, 0.29) is 11.0 Å². The Kier molecular flexibility index (Phi) is 3.02. The summed E-state index contributed by atoms with van der Waals surface area (Å²) < 4.78 is 2.74. The van der Waals surface area contributed by atoms with Crippen LogP contribution in [0.25, 0.3) is 0 Å². The predicted molar refractivity (Wildman–Crippen MR) is 88.6 cm³/mol. The Balaban J connectivity index is 1.53. The number of aromatic nitrogens is 3. The van der Waals surface area contributed by atoms with Gasteiger partial charge in [0.15, 0.2) is 0 Å². The summed E-state index contributed by atoms with van der Waals surface area (Å²) in [6.45, 7) is 1.94. The fourth-order valence-electron chi connectivity index (χ4n) is 6.46. The molecule has 0 spiro atoms. The van der Waals surface area contributed by atoms with Gasteiger partial charge in [0.1, 0.15) is 6.33 Å². The van der Waals surface area contributed by atoms with Crippen molar-refractivity contribution in [3.05, 3.63) is 11.1 Å². The molecule has 5 nitrogen and oxygen atoms in total. The van der Waals surface area contributed by atoms with Crippen LogP contribution < -0.4 is 0 Å². The zero-order chi connectivity index (χ0) is 15.7. The molecule has 4 bridgehead atoms. The molecule has 124 valence electrons. The molecule has 1 aromatic heterocycles. The lowest BCUT2D eigenvalue weighted by Crippen LogP contribution is -2.61. The highest BCUT2D eigenvalue weighted by Gasteiger charge is 2.62. The van der Waals surface area contributed by atoms with E-state index in [4.69, 9.17) is 0 Å². The Labute approximate surface area is 144 Å². The van der Waals surface area contributed by atoms with Gasteiger partial charge in [0.2, 0.25) is 10.6 Å². The van der Waals surface area contributed by atoms with E-state index in [2.05, 4.69) is 35.6 Å². The van der Waals surface area contributed by atoms with Crippen LogP contribution in [-0.4, -0.2) is 38.7 Å². The normalized spacial score (nSPS) is 41.7. The molecule has 0 radical (unpaired) electrons. The minimum absolute atomic E-state index is 0.0263. The number of carbonyl (C=O) groups excluding carboxylic acids is 1. The van der Waals surface area contributed by atoms with Crippen molar-refractivity contribution in [1.82, 2.24) is 19.7 Å². The number of likely N-dealkylation sites (tertiary alicyclic amines) is 1. The summed E-state index contributed by atoms with van der Waals surface area (Å²) in [5, 5.41) is 4.59. The lowest BCUT2D eigenvalue weighted by atomic mass is 9.46. The monoisotopic (exact) mass is 378 g/mol. The van der Waals surface area contributed by atoms with E-state index in [9.17, 15) is 4.79 Å². The van der Waals surface area contributed by atoms with Crippen LogP contribution in [0.3, 0.4) is 0 Å². The molecule has 5 fully saturated rings. The smallest absolute Gasteiger partial charge is 0.228 e. The van der Waals surface area contributed by atoms with Crippen LogP contribution in [0.4, 0.5) is 0 Å². The summed E-state index contributed by atoms with van der Waals surface area (Å²) in [6.07, 6.45) is 11.1. The number of amides is 1. The highest BCUT2D eigenvalue weighted by molar-refractivity contribution is 9.10. The van der Waals surface area contributed by atoms with Crippen molar-refractivity contribution < 1.29 is 4.79 Å². The first kappa shape index (κ1) is 14.4. The molecule has 1 aromatic rings. The second kappa shape index (κ2) is 4.80. The molecular weight excluding hydrogens is 356 g/mol. The number of nitrogens with zero attached hydrogens (tertiary/aromatic N) is 4. The topological polar surface area (TPSA) is 51.0 Å². The van der Waals surface area contributed by atoms with Crippen LogP contribution in [0.15, 0.2) is 11.1 Å². The van der Waals surface area contributed by atoms with Crippen molar-refractivity contribution in [3.8, 4) is 0 Å². The van der Waals surface area contributed by atoms with Gasteiger partial charge in [-0.1, -0.05) is 0 Å². The third kappa shape index (κ3) is 2.06. The van der Waals surface area contributed by atoms with Crippen LogP contribution >= 0.6 is 15.9 Å². The van der Waals surface area contributed by atoms with Crippen molar-refractivity contribution in [2.24, 2.45) is 17.3 Å². The zero-order valence-electron chi connectivity index (χ0n) is 13.4. The maximum Gasteiger partial charge on any atom is 0.228 e. The molecular formula is C17H23BrN4O. The molecule has 1 aliphatic heterocycles. The first-order chi connectivity index (χ1) is 11.1. The van der Waals surface area contributed by atoms with Gasteiger partial charge in [-0.05, 0) is 79.1 Å². The van der Waals surface area contributed by atoms with Crippen molar-refractivity contribution >= 4 is 21.8 Å². The molecule has 0 unspecified atom stereocenters. The van der Waals surface area contributed by atoms with Crippen LogP contribution in [0.5, 0.6) is 0 Å². The lowest BCUT2D eigenvalue weighted by Gasteiger charge is -2.61. The van der Waals surface area contributed by atoms with E-state index >= 15 is 0 Å². The minimum Gasteiger partial charge on any atom is -0.342 e. The van der Waals surface area contributed by atoms with Crippen molar-refractivity contribution in [2.75, 3.05) is 13.1 Å². The molecule has 6 heteroatoms. The SMILES string of the molecule is O=C(N1CCCC1)C12C[C@H]3C[C@H](C1)CC(n1cnc(Br)n1)(C3)C2. The number of halogens is 1. The van der Waals surface area contributed by atoms with Gasteiger partial charge in [-0.25, -0.2) is 9.67 Å². The van der Waals surface area contributed by atoms with Gasteiger partial charge in [0.25, 0.3) is 0 Å².